The molecule has 0 bridgehead atoms. The van der Waals surface area contributed by atoms with Crippen LogP contribution in [0.5, 0.6) is 0 Å². The van der Waals surface area contributed by atoms with Crippen LogP contribution in [0.25, 0.3) is 22.4 Å². The van der Waals surface area contributed by atoms with Gasteiger partial charge in [-0.15, -0.1) is 0 Å². The molecule has 0 saturated carbocycles. The van der Waals surface area contributed by atoms with Crippen LogP contribution in [-0.2, 0) is 0 Å². The van der Waals surface area contributed by atoms with E-state index in [1.807, 2.05) is 0 Å². The van der Waals surface area contributed by atoms with Crippen LogP contribution in [0.2, 0.25) is 5.02 Å². The predicted molar refractivity (Wildman–Crippen MR) is 120 cm³/mol. The van der Waals surface area contributed by atoms with Gasteiger partial charge in [0.1, 0.15) is 16.9 Å². The molecular formula is C23H12ClFN4O2S. The van der Waals surface area contributed by atoms with E-state index in [0.717, 1.165) is 11.8 Å². The van der Waals surface area contributed by atoms with E-state index in [1.165, 1.54) is 30.5 Å². The molecule has 6 nitrogen and oxygen atoms in total. The number of benzene rings is 2. The Bertz CT molecular complexity index is 1370. The number of nitro groups is 1. The number of rotatable bonds is 5. The predicted octanol–water partition coefficient (Wildman–Crippen LogP) is 6.53. The second-order valence-electron chi connectivity index (χ2n) is 6.55. The van der Waals surface area contributed by atoms with Crippen molar-refractivity contribution in [2.24, 2.45) is 0 Å². The third kappa shape index (κ3) is 4.44. The van der Waals surface area contributed by atoms with Crippen LogP contribution in [0, 0.1) is 27.3 Å². The second-order valence-corrected chi connectivity index (χ2v) is 7.97. The number of nitriles is 1. The lowest BCUT2D eigenvalue weighted by atomic mass is 9.99. The van der Waals surface area contributed by atoms with Crippen LogP contribution >= 0.6 is 23.4 Å². The third-order valence-electron chi connectivity index (χ3n) is 4.51. The molecule has 32 heavy (non-hydrogen) atoms. The van der Waals surface area contributed by atoms with E-state index in [9.17, 15) is 19.8 Å². The maximum Gasteiger partial charge on any atom is 0.301 e. The molecule has 4 aromatic rings. The van der Waals surface area contributed by atoms with Gasteiger partial charge in [0.2, 0.25) is 0 Å². The Morgan fingerprint density at radius 1 is 1.03 bits per heavy atom. The largest absolute Gasteiger partial charge is 0.301 e. The molecule has 0 saturated heterocycles. The van der Waals surface area contributed by atoms with Crippen molar-refractivity contribution < 1.29 is 9.31 Å². The molecule has 0 N–H and O–H groups in total. The zero-order valence-electron chi connectivity index (χ0n) is 16.2. The Kier molecular flexibility index (Phi) is 6.12. The molecule has 0 aliphatic rings. The van der Waals surface area contributed by atoms with Gasteiger partial charge in [0.25, 0.3) is 0 Å². The maximum atomic E-state index is 13.9. The number of nitrogens with zero attached hydrogens (tertiary/aromatic N) is 4. The van der Waals surface area contributed by atoms with E-state index in [0.29, 0.717) is 27.4 Å². The highest BCUT2D eigenvalue weighted by molar-refractivity contribution is 7.99. The van der Waals surface area contributed by atoms with Gasteiger partial charge in [0.05, 0.1) is 16.2 Å². The van der Waals surface area contributed by atoms with Gasteiger partial charge in [-0.3, -0.25) is 10.1 Å². The molecule has 156 valence electrons. The molecule has 0 unspecified atom stereocenters. The Labute approximate surface area is 191 Å². The van der Waals surface area contributed by atoms with Crippen molar-refractivity contribution in [2.45, 2.75) is 10.1 Å². The molecule has 2 aromatic carbocycles. The van der Waals surface area contributed by atoms with E-state index in [1.54, 1.807) is 42.5 Å². The fourth-order valence-electron chi connectivity index (χ4n) is 3.05. The molecule has 9 heteroatoms. The standard InChI is InChI=1S/C23H12ClFN4O2S/c24-16-8-6-14(7-9-16)20-12-18(15-3-1-4-17(25)11-15)19(13-26)22(28-20)32-23-21(29(30)31)5-2-10-27-23/h1-12H. The van der Waals surface area contributed by atoms with Crippen LogP contribution < -0.4 is 0 Å². The summed E-state index contributed by atoms with van der Waals surface area (Å²) in [6.45, 7) is 0. The van der Waals surface area contributed by atoms with Crippen molar-refractivity contribution in [1.82, 2.24) is 9.97 Å². The summed E-state index contributed by atoms with van der Waals surface area (Å²) < 4.78 is 13.9. The summed E-state index contributed by atoms with van der Waals surface area (Å²) in [5.41, 5.74) is 2.12. The average molecular weight is 463 g/mol. The fraction of sp³-hybridized carbons (Fsp3) is 0. The molecule has 0 atom stereocenters. The molecule has 0 aliphatic carbocycles. The van der Waals surface area contributed by atoms with Crippen LogP contribution in [-0.4, -0.2) is 14.9 Å². The van der Waals surface area contributed by atoms with Crippen molar-refractivity contribution in [3.8, 4) is 28.5 Å². The van der Waals surface area contributed by atoms with Crippen LogP contribution in [0.4, 0.5) is 10.1 Å². The van der Waals surface area contributed by atoms with Gasteiger partial charge in [-0.05, 0) is 53.7 Å². The minimum absolute atomic E-state index is 0.0972. The van der Waals surface area contributed by atoms with Gasteiger partial charge < -0.3 is 0 Å². The number of hydrogen-bond donors (Lipinski definition) is 0. The smallest absolute Gasteiger partial charge is 0.258 e. The van der Waals surface area contributed by atoms with Crippen molar-refractivity contribution in [1.29, 1.82) is 5.26 Å². The maximum absolute atomic E-state index is 13.9. The van der Waals surface area contributed by atoms with Gasteiger partial charge in [-0.25, -0.2) is 14.4 Å². The highest BCUT2D eigenvalue weighted by Gasteiger charge is 2.21. The first-order chi connectivity index (χ1) is 15.5. The second kappa shape index (κ2) is 9.14. The lowest BCUT2D eigenvalue weighted by Crippen LogP contribution is -1.98. The summed E-state index contributed by atoms with van der Waals surface area (Å²) in [5, 5.41) is 22.2. The quantitative estimate of drug-likeness (QED) is 0.247. The van der Waals surface area contributed by atoms with Crippen molar-refractivity contribution in [3.63, 3.8) is 0 Å². The highest BCUT2D eigenvalue weighted by atomic mass is 35.5. The van der Waals surface area contributed by atoms with Crippen molar-refractivity contribution >= 4 is 29.1 Å². The fourth-order valence-corrected chi connectivity index (χ4v) is 4.12. The lowest BCUT2D eigenvalue weighted by molar-refractivity contribution is -0.388. The van der Waals surface area contributed by atoms with E-state index in [2.05, 4.69) is 16.0 Å². The molecule has 0 radical (unpaired) electrons. The molecular weight excluding hydrogens is 451 g/mol. The molecule has 0 aliphatic heterocycles. The lowest BCUT2D eigenvalue weighted by Gasteiger charge is -2.12. The van der Waals surface area contributed by atoms with Gasteiger partial charge in [0.15, 0.2) is 5.03 Å². The van der Waals surface area contributed by atoms with Crippen LogP contribution in [0.15, 0.2) is 83.0 Å². The Morgan fingerprint density at radius 3 is 2.50 bits per heavy atom. The summed E-state index contributed by atoms with van der Waals surface area (Å²) in [6, 6.07) is 19.4. The van der Waals surface area contributed by atoms with Gasteiger partial charge in [0, 0.05) is 28.4 Å². The summed E-state index contributed by atoms with van der Waals surface area (Å²) in [4.78, 5) is 19.6. The first kappa shape index (κ1) is 21.4. The van der Waals surface area contributed by atoms with Crippen LogP contribution in [0.3, 0.4) is 0 Å². The minimum atomic E-state index is -0.544. The van der Waals surface area contributed by atoms with Crippen molar-refractivity contribution in [3.05, 3.63) is 99.4 Å². The zero-order valence-corrected chi connectivity index (χ0v) is 17.8. The summed E-state index contributed by atoms with van der Waals surface area (Å²) >= 11 is 6.91. The van der Waals surface area contributed by atoms with Crippen LogP contribution in [0.1, 0.15) is 5.56 Å². The Balaban J connectivity index is 1.95. The zero-order chi connectivity index (χ0) is 22.7. The van der Waals surface area contributed by atoms with Crippen molar-refractivity contribution in [2.75, 3.05) is 0 Å². The number of aromatic nitrogens is 2. The Morgan fingerprint density at radius 2 is 1.81 bits per heavy atom. The van der Waals surface area contributed by atoms with E-state index < -0.39 is 10.7 Å². The van der Waals surface area contributed by atoms with E-state index >= 15 is 0 Å². The molecule has 0 fully saturated rings. The Hall–Kier alpha value is -3.80. The first-order valence-corrected chi connectivity index (χ1v) is 10.4. The molecule has 2 aromatic heterocycles. The SMILES string of the molecule is N#Cc1c(-c2cccc(F)c2)cc(-c2ccc(Cl)cc2)nc1Sc1ncccc1[N+](=O)[O-]. The molecule has 0 spiro atoms. The molecule has 0 amide bonds. The van der Waals surface area contributed by atoms with E-state index in [-0.39, 0.29) is 21.3 Å². The number of halogens is 2. The summed E-state index contributed by atoms with van der Waals surface area (Å²) in [5.74, 6) is -0.453. The van der Waals surface area contributed by atoms with Gasteiger partial charge >= 0.3 is 5.69 Å². The highest BCUT2D eigenvalue weighted by Crippen LogP contribution is 2.39. The topological polar surface area (TPSA) is 92.7 Å². The third-order valence-corrected chi connectivity index (χ3v) is 5.76. The molecule has 4 rings (SSSR count). The minimum Gasteiger partial charge on any atom is -0.258 e. The summed E-state index contributed by atoms with van der Waals surface area (Å²) in [7, 11) is 0. The monoisotopic (exact) mass is 462 g/mol. The van der Waals surface area contributed by atoms with Gasteiger partial charge in [-0.2, -0.15) is 5.26 Å². The number of hydrogen-bond acceptors (Lipinski definition) is 6. The normalized spacial score (nSPS) is 10.5. The summed E-state index contributed by atoms with van der Waals surface area (Å²) in [6.07, 6.45) is 1.43. The average Bonchev–Trinajstić information content (AvgIpc) is 2.79. The van der Waals surface area contributed by atoms with Gasteiger partial charge in [-0.1, -0.05) is 35.9 Å². The number of pyridine rings is 2. The molecule has 2 heterocycles. The first-order valence-electron chi connectivity index (χ1n) is 9.20. The van der Waals surface area contributed by atoms with E-state index in [4.69, 9.17) is 11.6 Å².